The molecule has 0 saturated carbocycles. The van der Waals surface area contributed by atoms with E-state index in [0.717, 1.165) is 25.9 Å². The van der Waals surface area contributed by atoms with Crippen LogP contribution in [0.4, 0.5) is 0 Å². The summed E-state index contributed by atoms with van der Waals surface area (Å²) in [5.74, 6) is -0.161. The fourth-order valence-corrected chi connectivity index (χ4v) is 2.73. The summed E-state index contributed by atoms with van der Waals surface area (Å²) in [4.78, 5) is 14.3. The monoisotopic (exact) mass is 286 g/mol. The third kappa shape index (κ3) is 5.38. The van der Waals surface area contributed by atoms with Crippen LogP contribution in [0.2, 0.25) is 0 Å². The maximum Gasteiger partial charge on any atom is 0.324 e. The molecule has 20 heavy (non-hydrogen) atoms. The average Bonchev–Trinajstić information content (AvgIpc) is 2.38. The average molecular weight is 286 g/mol. The number of methoxy groups -OCH3 is 1. The highest BCUT2D eigenvalue weighted by Crippen LogP contribution is 2.23. The quantitative estimate of drug-likeness (QED) is 0.717. The lowest BCUT2D eigenvalue weighted by atomic mass is 9.94. The molecule has 1 fully saturated rings. The van der Waals surface area contributed by atoms with Gasteiger partial charge in [0.25, 0.3) is 0 Å². The van der Waals surface area contributed by atoms with Gasteiger partial charge in [0.2, 0.25) is 0 Å². The first-order chi connectivity index (χ1) is 9.40. The smallest absolute Gasteiger partial charge is 0.324 e. The van der Waals surface area contributed by atoms with Crippen molar-refractivity contribution >= 4 is 5.97 Å². The first kappa shape index (κ1) is 17.4. The zero-order chi connectivity index (χ0) is 15.2. The van der Waals surface area contributed by atoms with Crippen molar-refractivity contribution in [1.29, 1.82) is 0 Å². The first-order valence-corrected chi connectivity index (χ1v) is 7.60. The molecule has 1 heterocycles. The van der Waals surface area contributed by atoms with Gasteiger partial charge >= 0.3 is 5.97 Å². The van der Waals surface area contributed by atoms with Gasteiger partial charge in [0.15, 0.2) is 0 Å². The van der Waals surface area contributed by atoms with Crippen LogP contribution in [-0.4, -0.2) is 61.9 Å². The molecule has 0 spiro atoms. The Labute approximate surface area is 123 Å². The van der Waals surface area contributed by atoms with Gasteiger partial charge in [0.1, 0.15) is 6.04 Å². The first-order valence-electron chi connectivity index (χ1n) is 7.60. The predicted molar refractivity (Wildman–Crippen MR) is 79.8 cm³/mol. The second-order valence-electron chi connectivity index (χ2n) is 6.12. The molecule has 2 unspecified atom stereocenters. The van der Waals surface area contributed by atoms with E-state index in [1.54, 1.807) is 7.11 Å². The molecule has 1 aliphatic rings. The van der Waals surface area contributed by atoms with Gasteiger partial charge in [-0.25, -0.2) is 0 Å². The van der Waals surface area contributed by atoms with E-state index in [1.165, 1.54) is 0 Å². The maximum absolute atomic E-state index is 12.0. The fraction of sp³-hybridized carbons (Fsp3) is 0.933. The zero-order valence-electron chi connectivity index (χ0n) is 13.6. The van der Waals surface area contributed by atoms with E-state index in [-0.39, 0.29) is 23.7 Å². The molecule has 1 saturated heterocycles. The molecule has 2 atom stereocenters. The van der Waals surface area contributed by atoms with Gasteiger partial charge in [-0.2, -0.15) is 0 Å². The molecule has 1 N–H and O–H groups in total. The van der Waals surface area contributed by atoms with E-state index in [4.69, 9.17) is 9.47 Å². The van der Waals surface area contributed by atoms with Crippen LogP contribution >= 0.6 is 0 Å². The van der Waals surface area contributed by atoms with E-state index < -0.39 is 0 Å². The van der Waals surface area contributed by atoms with Gasteiger partial charge in [0.05, 0.1) is 12.2 Å². The Morgan fingerprint density at radius 1 is 1.45 bits per heavy atom. The molecule has 0 radical (unpaired) electrons. The summed E-state index contributed by atoms with van der Waals surface area (Å²) < 4.78 is 10.8. The van der Waals surface area contributed by atoms with Crippen LogP contribution in [-0.2, 0) is 14.3 Å². The number of likely N-dealkylation sites (tertiary alicyclic amines) is 1. The summed E-state index contributed by atoms with van der Waals surface area (Å²) in [6.45, 7) is 11.0. The molecule has 0 aromatic rings. The van der Waals surface area contributed by atoms with E-state index in [1.807, 2.05) is 20.8 Å². The predicted octanol–water partition coefficient (Wildman–Crippen LogP) is 1.42. The largest absolute Gasteiger partial charge is 0.465 e. The lowest BCUT2D eigenvalue weighted by molar-refractivity contribution is -0.147. The summed E-state index contributed by atoms with van der Waals surface area (Å²) in [5, 5.41) is 3.30. The number of carbonyl (C=O) groups excluding carboxylic acids is 1. The standard InChI is InChI=1S/C15H30N2O3/c1-6-20-14(18)13(16-12(2)3)10-17-9-7-8-15(4,11-17)19-5/h12-13,16H,6-11H2,1-5H3. The van der Waals surface area contributed by atoms with Gasteiger partial charge in [0, 0.05) is 26.2 Å². The van der Waals surface area contributed by atoms with E-state index in [0.29, 0.717) is 13.2 Å². The van der Waals surface area contributed by atoms with E-state index in [9.17, 15) is 4.79 Å². The Bertz CT molecular complexity index is 309. The number of nitrogens with one attached hydrogen (secondary N) is 1. The number of carbonyl (C=O) groups is 1. The van der Waals surface area contributed by atoms with Crippen LogP contribution in [0, 0.1) is 0 Å². The second-order valence-corrected chi connectivity index (χ2v) is 6.12. The Hall–Kier alpha value is -0.650. The second kappa shape index (κ2) is 7.96. The summed E-state index contributed by atoms with van der Waals surface area (Å²) in [7, 11) is 1.76. The normalized spacial score (nSPS) is 25.7. The van der Waals surface area contributed by atoms with Crippen molar-refractivity contribution in [3.63, 3.8) is 0 Å². The highest BCUT2D eigenvalue weighted by Gasteiger charge is 2.33. The number of piperidine rings is 1. The van der Waals surface area contributed by atoms with Crippen LogP contribution < -0.4 is 5.32 Å². The van der Waals surface area contributed by atoms with Crippen molar-refractivity contribution in [1.82, 2.24) is 10.2 Å². The zero-order valence-corrected chi connectivity index (χ0v) is 13.6. The van der Waals surface area contributed by atoms with E-state index in [2.05, 4.69) is 17.1 Å². The van der Waals surface area contributed by atoms with Gasteiger partial charge in [-0.05, 0) is 33.2 Å². The summed E-state index contributed by atoms with van der Waals surface area (Å²) >= 11 is 0. The Balaban J connectivity index is 2.61. The third-order valence-corrected chi connectivity index (χ3v) is 3.78. The molecule has 0 aromatic heterocycles. The lowest BCUT2D eigenvalue weighted by Gasteiger charge is -2.40. The van der Waals surface area contributed by atoms with Crippen LogP contribution in [0.3, 0.4) is 0 Å². The highest BCUT2D eigenvalue weighted by molar-refractivity contribution is 5.76. The molecule has 0 aliphatic carbocycles. The van der Waals surface area contributed by atoms with Gasteiger partial charge in [-0.15, -0.1) is 0 Å². The molecule has 5 heteroatoms. The summed E-state index contributed by atoms with van der Waals surface area (Å²) in [6.07, 6.45) is 2.17. The Morgan fingerprint density at radius 2 is 2.15 bits per heavy atom. The Kier molecular flexibility index (Phi) is 6.92. The Morgan fingerprint density at radius 3 is 2.70 bits per heavy atom. The number of esters is 1. The number of hydrogen-bond donors (Lipinski definition) is 1. The summed E-state index contributed by atoms with van der Waals surface area (Å²) in [6, 6.07) is -0.0165. The van der Waals surface area contributed by atoms with Gasteiger partial charge < -0.3 is 14.8 Å². The molecular formula is C15H30N2O3. The van der Waals surface area contributed by atoms with Crippen LogP contribution in [0.25, 0.3) is 0 Å². The fourth-order valence-electron chi connectivity index (χ4n) is 2.73. The van der Waals surface area contributed by atoms with Crippen LogP contribution in [0.1, 0.15) is 40.5 Å². The minimum absolute atomic E-state index is 0.102. The molecule has 0 bridgehead atoms. The van der Waals surface area contributed by atoms with Gasteiger partial charge in [-0.1, -0.05) is 13.8 Å². The van der Waals surface area contributed by atoms with Crippen molar-refractivity contribution in [2.45, 2.75) is 58.2 Å². The number of ether oxygens (including phenoxy) is 2. The highest BCUT2D eigenvalue weighted by atomic mass is 16.5. The SMILES string of the molecule is CCOC(=O)C(CN1CCCC(C)(OC)C1)NC(C)C. The van der Waals surface area contributed by atoms with Crippen molar-refractivity contribution in [3.05, 3.63) is 0 Å². The summed E-state index contributed by atoms with van der Waals surface area (Å²) in [5.41, 5.74) is -0.102. The molecule has 5 nitrogen and oxygen atoms in total. The minimum atomic E-state index is -0.269. The lowest BCUT2D eigenvalue weighted by Crippen LogP contribution is -2.54. The molecule has 0 amide bonds. The van der Waals surface area contributed by atoms with Crippen LogP contribution in [0.5, 0.6) is 0 Å². The van der Waals surface area contributed by atoms with Crippen molar-refractivity contribution in [2.75, 3.05) is 33.4 Å². The van der Waals surface area contributed by atoms with Crippen LogP contribution in [0.15, 0.2) is 0 Å². The van der Waals surface area contributed by atoms with Crippen molar-refractivity contribution in [2.24, 2.45) is 0 Å². The molecule has 1 rings (SSSR count). The molecule has 1 aliphatic heterocycles. The number of hydrogen-bond acceptors (Lipinski definition) is 5. The van der Waals surface area contributed by atoms with Crippen molar-refractivity contribution in [3.8, 4) is 0 Å². The minimum Gasteiger partial charge on any atom is -0.465 e. The topological polar surface area (TPSA) is 50.8 Å². The maximum atomic E-state index is 12.0. The molecule has 0 aromatic carbocycles. The number of rotatable bonds is 7. The van der Waals surface area contributed by atoms with E-state index >= 15 is 0 Å². The molecular weight excluding hydrogens is 256 g/mol. The molecule has 118 valence electrons. The van der Waals surface area contributed by atoms with Gasteiger partial charge in [-0.3, -0.25) is 9.69 Å². The third-order valence-electron chi connectivity index (χ3n) is 3.78. The van der Waals surface area contributed by atoms with Crippen molar-refractivity contribution < 1.29 is 14.3 Å². The number of nitrogens with zero attached hydrogens (tertiary/aromatic N) is 1.